The van der Waals surface area contributed by atoms with E-state index in [1.54, 1.807) is 18.5 Å². The summed E-state index contributed by atoms with van der Waals surface area (Å²) in [5, 5.41) is 12.2. The number of carbonyl (C=O) groups is 1. The molecule has 0 spiro atoms. The Morgan fingerprint density at radius 2 is 1.93 bits per heavy atom. The second kappa shape index (κ2) is 8.39. The molecule has 28 heavy (non-hydrogen) atoms. The van der Waals surface area contributed by atoms with Crippen LogP contribution in [0.3, 0.4) is 0 Å². The summed E-state index contributed by atoms with van der Waals surface area (Å²) < 4.78 is 1.95. The summed E-state index contributed by atoms with van der Waals surface area (Å²) in [4.78, 5) is 16.4. The minimum Gasteiger partial charge on any atom is -0.325 e. The molecule has 0 bridgehead atoms. The van der Waals surface area contributed by atoms with Crippen molar-refractivity contribution in [1.29, 1.82) is 0 Å². The quantitative estimate of drug-likeness (QED) is 0.462. The summed E-state index contributed by atoms with van der Waals surface area (Å²) in [5.41, 5.74) is 3.10. The lowest BCUT2D eigenvalue weighted by Crippen LogP contribution is -2.14. The largest absolute Gasteiger partial charge is 0.325 e. The maximum Gasteiger partial charge on any atom is 0.234 e. The van der Waals surface area contributed by atoms with E-state index in [2.05, 4.69) is 39.2 Å². The third kappa shape index (κ3) is 4.31. The first kappa shape index (κ1) is 18.4. The van der Waals surface area contributed by atoms with E-state index < -0.39 is 0 Å². The molecular formula is C21H21N5OS. The van der Waals surface area contributed by atoms with Crippen LogP contribution in [0.2, 0.25) is 0 Å². The smallest absolute Gasteiger partial charge is 0.234 e. The van der Waals surface area contributed by atoms with E-state index in [0.29, 0.717) is 17.6 Å². The molecular weight excluding hydrogens is 370 g/mol. The zero-order valence-corrected chi connectivity index (χ0v) is 16.2. The molecule has 142 valence electrons. The van der Waals surface area contributed by atoms with Gasteiger partial charge in [-0.15, -0.1) is 16.8 Å². The fraction of sp³-hybridized carbons (Fsp3) is 0.238. The number of hydrogen-bond acceptors (Lipinski definition) is 5. The van der Waals surface area contributed by atoms with Crippen LogP contribution >= 0.6 is 11.8 Å². The third-order valence-electron chi connectivity index (χ3n) is 4.54. The van der Waals surface area contributed by atoms with Crippen LogP contribution in [-0.4, -0.2) is 31.4 Å². The molecule has 0 atom stereocenters. The Bertz CT molecular complexity index is 964. The van der Waals surface area contributed by atoms with Gasteiger partial charge in [0.1, 0.15) is 0 Å². The Balaban J connectivity index is 1.40. The monoisotopic (exact) mass is 391 g/mol. The van der Waals surface area contributed by atoms with Gasteiger partial charge in [0.2, 0.25) is 5.91 Å². The maximum absolute atomic E-state index is 12.3. The Hall–Kier alpha value is -2.93. The highest BCUT2D eigenvalue weighted by atomic mass is 32.2. The fourth-order valence-electron chi connectivity index (χ4n) is 2.99. The molecule has 0 unspecified atom stereocenters. The molecule has 3 aromatic rings. The molecule has 1 fully saturated rings. The Morgan fingerprint density at radius 3 is 2.61 bits per heavy atom. The summed E-state index contributed by atoms with van der Waals surface area (Å²) in [5.74, 6) is 1.64. The second-order valence-corrected chi connectivity index (χ2v) is 7.62. The number of hydrogen-bond donors (Lipinski definition) is 1. The van der Waals surface area contributed by atoms with Crippen molar-refractivity contribution < 1.29 is 4.79 Å². The number of allylic oxidation sites excluding steroid dienone is 1. The van der Waals surface area contributed by atoms with Crippen molar-refractivity contribution in [1.82, 2.24) is 19.7 Å². The molecule has 1 aliphatic carbocycles. The van der Waals surface area contributed by atoms with Crippen LogP contribution in [0, 0.1) is 0 Å². The lowest BCUT2D eigenvalue weighted by molar-refractivity contribution is -0.113. The van der Waals surface area contributed by atoms with Gasteiger partial charge in [-0.1, -0.05) is 30.0 Å². The molecule has 4 rings (SSSR count). The van der Waals surface area contributed by atoms with Crippen LogP contribution in [0.15, 0.2) is 66.6 Å². The number of thioether (sulfide) groups is 1. The van der Waals surface area contributed by atoms with Crippen LogP contribution in [0.4, 0.5) is 5.69 Å². The van der Waals surface area contributed by atoms with Gasteiger partial charge >= 0.3 is 0 Å². The number of aromatic nitrogens is 4. The van der Waals surface area contributed by atoms with Gasteiger partial charge in [-0.05, 0) is 48.6 Å². The highest BCUT2D eigenvalue weighted by Crippen LogP contribution is 2.40. The number of nitrogens with zero attached hydrogens (tertiary/aromatic N) is 4. The van der Waals surface area contributed by atoms with Crippen molar-refractivity contribution in [3.63, 3.8) is 0 Å². The number of carbonyl (C=O) groups excluding carboxylic acids is 1. The lowest BCUT2D eigenvalue weighted by atomic mass is 10.1. The van der Waals surface area contributed by atoms with Crippen molar-refractivity contribution in [2.75, 3.05) is 11.1 Å². The van der Waals surface area contributed by atoms with Gasteiger partial charge in [0, 0.05) is 30.2 Å². The van der Waals surface area contributed by atoms with Crippen LogP contribution < -0.4 is 5.32 Å². The van der Waals surface area contributed by atoms with Gasteiger partial charge in [-0.3, -0.25) is 14.3 Å². The van der Waals surface area contributed by atoms with Gasteiger partial charge < -0.3 is 5.32 Å². The average Bonchev–Trinajstić information content (AvgIpc) is 3.50. The van der Waals surface area contributed by atoms with Crippen LogP contribution in [-0.2, 0) is 11.3 Å². The van der Waals surface area contributed by atoms with Gasteiger partial charge in [-0.2, -0.15) is 0 Å². The van der Waals surface area contributed by atoms with Crippen molar-refractivity contribution in [3.05, 3.63) is 67.0 Å². The summed E-state index contributed by atoms with van der Waals surface area (Å²) in [6.45, 7) is 4.38. The Labute approximate surface area is 168 Å². The van der Waals surface area contributed by atoms with Gasteiger partial charge in [0.15, 0.2) is 11.0 Å². The van der Waals surface area contributed by atoms with E-state index in [9.17, 15) is 4.79 Å². The molecule has 1 N–H and O–H groups in total. The van der Waals surface area contributed by atoms with E-state index in [0.717, 1.165) is 17.1 Å². The number of amides is 1. The highest BCUT2D eigenvalue weighted by molar-refractivity contribution is 7.99. The minimum atomic E-state index is -0.0669. The summed E-state index contributed by atoms with van der Waals surface area (Å²) in [6.07, 6.45) is 7.78. The van der Waals surface area contributed by atoms with Crippen molar-refractivity contribution in [2.45, 2.75) is 30.5 Å². The molecule has 1 amide bonds. The Morgan fingerprint density at radius 1 is 1.18 bits per heavy atom. The average molecular weight is 392 g/mol. The van der Waals surface area contributed by atoms with Crippen LogP contribution in [0.5, 0.6) is 0 Å². The van der Waals surface area contributed by atoms with E-state index in [-0.39, 0.29) is 11.7 Å². The fourth-order valence-corrected chi connectivity index (χ4v) is 3.73. The standard InChI is InChI=1S/C21H21N5OS/c1-2-13-26-20(17-9-11-22-12-10-17)24-25-21(26)28-14-19(27)23-18-7-5-16(6-8-18)15-3-4-15/h2,5-12,15H,1,3-4,13-14H2,(H,23,27). The van der Waals surface area contributed by atoms with E-state index in [4.69, 9.17) is 0 Å². The van der Waals surface area contributed by atoms with Gasteiger partial charge in [-0.25, -0.2) is 0 Å². The SMILES string of the molecule is C=CCn1c(SCC(=O)Nc2ccc(C3CC3)cc2)nnc1-c1ccncc1. The zero-order valence-electron chi connectivity index (χ0n) is 15.4. The van der Waals surface area contributed by atoms with E-state index in [1.165, 1.54) is 30.2 Å². The molecule has 6 nitrogen and oxygen atoms in total. The molecule has 2 heterocycles. The van der Waals surface area contributed by atoms with Gasteiger partial charge in [0.25, 0.3) is 0 Å². The highest BCUT2D eigenvalue weighted by Gasteiger charge is 2.23. The molecule has 7 heteroatoms. The predicted molar refractivity (Wildman–Crippen MR) is 111 cm³/mol. The lowest BCUT2D eigenvalue weighted by Gasteiger charge is -2.08. The van der Waals surface area contributed by atoms with Gasteiger partial charge in [0.05, 0.1) is 5.75 Å². The van der Waals surface area contributed by atoms with E-state index in [1.807, 2.05) is 28.8 Å². The molecule has 1 saturated carbocycles. The zero-order chi connectivity index (χ0) is 19.3. The summed E-state index contributed by atoms with van der Waals surface area (Å²) >= 11 is 1.36. The van der Waals surface area contributed by atoms with Crippen LogP contribution in [0.25, 0.3) is 11.4 Å². The third-order valence-corrected chi connectivity index (χ3v) is 5.51. The summed E-state index contributed by atoms with van der Waals surface area (Å²) in [6, 6.07) is 11.9. The topological polar surface area (TPSA) is 72.7 Å². The number of nitrogens with one attached hydrogen (secondary N) is 1. The summed E-state index contributed by atoms with van der Waals surface area (Å²) in [7, 11) is 0. The molecule has 1 aliphatic rings. The van der Waals surface area contributed by atoms with Crippen LogP contribution in [0.1, 0.15) is 24.3 Å². The molecule has 0 aliphatic heterocycles. The normalized spacial score (nSPS) is 13.3. The minimum absolute atomic E-state index is 0.0669. The molecule has 1 aromatic carbocycles. The first-order valence-electron chi connectivity index (χ1n) is 9.21. The van der Waals surface area contributed by atoms with Crippen molar-refractivity contribution >= 4 is 23.4 Å². The second-order valence-electron chi connectivity index (χ2n) is 6.67. The molecule has 0 radical (unpaired) electrons. The number of benzene rings is 1. The first-order chi connectivity index (χ1) is 13.7. The molecule has 0 saturated heterocycles. The Kier molecular flexibility index (Phi) is 5.53. The predicted octanol–water partition coefficient (Wildman–Crippen LogP) is 4.13. The van der Waals surface area contributed by atoms with Crippen molar-refractivity contribution in [2.24, 2.45) is 0 Å². The maximum atomic E-state index is 12.3. The van der Waals surface area contributed by atoms with E-state index >= 15 is 0 Å². The first-order valence-corrected chi connectivity index (χ1v) is 10.2. The van der Waals surface area contributed by atoms with Crippen molar-refractivity contribution in [3.8, 4) is 11.4 Å². The number of pyridine rings is 1. The number of rotatable bonds is 8. The molecule has 2 aromatic heterocycles. The number of anilines is 1.